The Labute approximate surface area is 116 Å². The van der Waals surface area contributed by atoms with Gasteiger partial charge in [0.1, 0.15) is 5.69 Å². The minimum Gasteiger partial charge on any atom is -0.255 e. The third-order valence-corrected chi connectivity index (χ3v) is 4.02. The number of rotatable bonds is 0. The topological polar surface area (TPSA) is 29.7 Å². The van der Waals surface area contributed by atoms with E-state index < -0.39 is 0 Å². The number of nitrogens with zero attached hydrogens (tertiary/aromatic N) is 3. The van der Waals surface area contributed by atoms with E-state index >= 15 is 0 Å². The molecule has 0 amide bonds. The van der Waals surface area contributed by atoms with Gasteiger partial charge in [-0.2, -0.15) is 0 Å². The molecular formula is C17H14N3+. The van der Waals surface area contributed by atoms with Crippen LogP contribution in [0.1, 0.15) is 5.69 Å². The van der Waals surface area contributed by atoms with Gasteiger partial charge in [0, 0.05) is 11.6 Å². The SMILES string of the molecule is Cc1c2ccc3c4ccccc4ncc3c2nc[n+]1C. The van der Waals surface area contributed by atoms with Crippen molar-refractivity contribution in [1.82, 2.24) is 9.97 Å². The minimum atomic E-state index is 1.02. The summed E-state index contributed by atoms with van der Waals surface area (Å²) in [6.07, 6.45) is 3.80. The molecular weight excluding hydrogens is 246 g/mol. The Balaban J connectivity index is 2.26. The number of hydrogen-bond donors (Lipinski definition) is 0. The summed E-state index contributed by atoms with van der Waals surface area (Å²) in [6.45, 7) is 2.12. The van der Waals surface area contributed by atoms with Gasteiger partial charge in [-0.15, -0.1) is 0 Å². The molecule has 0 saturated carbocycles. The van der Waals surface area contributed by atoms with Crippen LogP contribution < -0.4 is 4.57 Å². The standard InChI is InChI=1S/C17H14N3/c1-11-12-7-8-13-14-5-3-4-6-16(14)18-9-15(13)17(12)19-10-20(11)2/h3-10H,1-2H3/q+1. The van der Waals surface area contributed by atoms with Crippen LogP contribution in [0.4, 0.5) is 0 Å². The fraction of sp³-hybridized carbons (Fsp3) is 0.118. The number of hydrogen-bond acceptors (Lipinski definition) is 2. The molecule has 0 bridgehead atoms. The van der Waals surface area contributed by atoms with Gasteiger partial charge in [0.15, 0.2) is 5.52 Å². The molecule has 3 nitrogen and oxygen atoms in total. The Morgan fingerprint density at radius 1 is 0.850 bits per heavy atom. The number of pyridine rings is 1. The van der Waals surface area contributed by atoms with Gasteiger partial charge in [0.25, 0.3) is 6.33 Å². The molecule has 3 heteroatoms. The van der Waals surface area contributed by atoms with E-state index in [1.807, 2.05) is 36.3 Å². The summed E-state index contributed by atoms with van der Waals surface area (Å²) in [5.74, 6) is 0. The molecule has 4 rings (SSSR count). The smallest absolute Gasteiger partial charge is 0.255 e. The van der Waals surface area contributed by atoms with E-state index in [9.17, 15) is 0 Å². The summed E-state index contributed by atoms with van der Waals surface area (Å²) in [7, 11) is 2.02. The number of aromatic nitrogens is 3. The summed E-state index contributed by atoms with van der Waals surface area (Å²) in [5.41, 5.74) is 3.26. The Bertz CT molecular complexity index is 974. The first-order valence-corrected chi connectivity index (χ1v) is 6.67. The van der Waals surface area contributed by atoms with Gasteiger partial charge in [-0.1, -0.05) is 24.3 Å². The van der Waals surface area contributed by atoms with Crippen LogP contribution in [0.15, 0.2) is 48.9 Å². The van der Waals surface area contributed by atoms with Crippen molar-refractivity contribution < 1.29 is 4.57 Å². The van der Waals surface area contributed by atoms with Crippen LogP contribution in [-0.2, 0) is 7.05 Å². The van der Waals surface area contributed by atoms with E-state index in [2.05, 4.69) is 41.2 Å². The Hall–Kier alpha value is -2.55. The van der Waals surface area contributed by atoms with Crippen LogP contribution in [0.3, 0.4) is 0 Å². The predicted molar refractivity (Wildman–Crippen MR) is 80.5 cm³/mol. The second-order valence-electron chi connectivity index (χ2n) is 5.14. The molecule has 2 heterocycles. The number of fused-ring (bicyclic) bond motifs is 5. The van der Waals surface area contributed by atoms with E-state index in [0.717, 1.165) is 16.4 Å². The second kappa shape index (κ2) is 3.97. The zero-order chi connectivity index (χ0) is 13.7. The highest BCUT2D eigenvalue weighted by atomic mass is 15.0. The van der Waals surface area contributed by atoms with Crippen molar-refractivity contribution in [2.75, 3.05) is 0 Å². The van der Waals surface area contributed by atoms with Crippen molar-refractivity contribution in [3.8, 4) is 0 Å². The van der Waals surface area contributed by atoms with Gasteiger partial charge in [-0.05, 0) is 29.4 Å². The number of aryl methyl sites for hydroxylation is 2. The maximum Gasteiger partial charge on any atom is 0.286 e. The van der Waals surface area contributed by atoms with E-state index in [-0.39, 0.29) is 0 Å². The average molecular weight is 260 g/mol. The summed E-state index contributed by atoms with van der Waals surface area (Å²) in [4.78, 5) is 9.16. The summed E-state index contributed by atoms with van der Waals surface area (Å²) < 4.78 is 2.04. The van der Waals surface area contributed by atoms with Gasteiger partial charge in [-0.3, -0.25) is 4.98 Å². The highest BCUT2D eigenvalue weighted by Gasteiger charge is 2.13. The molecule has 2 aromatic heterocycles. The molecule has 0 radical (unpaired) electrons. The highest BCUT2D eigenvalue weighted by Crippen LogP contribution is 2.28. The first kappa shape index (κ1) is 11.3. The molecule has 0 spiro atoms. The third kappa shape index (κ3) is 1.43. The summed E-state index contributed by atoms with van der Waals surface area (Å²) in [6, 6.07) is 12.6. The van der Waals surface area contributed by atoms with E-state index in [1.165, 1.54) is 21.9 Å². The van der Waals surface area contributed by atoms with Gasteiger partial charge in [0.2, 0.25) is 0 Å². The monoisotopic (exact) mass is 260 g/mol. The lowest BCUT2D eigenvalue weighted by Gasteiger charge is -2.05. The van der Waals surface area contributed by atoms with Crippen molar-refractivity contribution in [3.63, 3.8) is 0 Å². The van der Waals surface area contributed by atoms with Crippen molar-refractivity contribution in [1.29, 1.82) is 0 Å². The molecule has 2 aromatic carbocycles. The van der Waals surface area contributed by atoms with E-state index in [0.29, 0.717) is 0 Å². The first-order chi connectivity index (χ1) is 9.75. The van der Waals surface area contributed by atoms with Gasteiger partial charge >= 0.3 is 0 Å². The van der Waals surface area contributed by atoms with Crippen molar-refractivity contribution in [2.45, 2.75) is 6.92 Å². The van der Waals surface area contributed by atoms with Crippen molar-refractivity contribution in [2.24, 2.45) is 7.05 Å². The van der Waals surface area contributed by atoms with Crippen LogP contribution in [0, 0.1) is 6.92 Å². The van der Waals surface area contributed by atoms with Crippen molar-refractivity contribution in [3.05, 3.63) is 54.6 Å². The Morgan fingerprint density at radius 2 is 1.65 bits per heavy atom. The second-order valence-corrected chi connectivity index (χ2v) is 5.14. The third-order valence-electron chi connectivity index (χ3n) is 4.02. The molecule has 0 fully saturated rings. The zero-order valence-corrected chi connectivity index (χ0v) is 11.5. The van der Waals surface area contributed by atoms with E-state index in [4.69, 9.17) is 0 Å². The van der Waals surface area contributed by atoms with Gasteiger partial charge in [-0.25, -0.2) is 4.57 Å². The minimum absolute atomic E-state index is 1.02. The molecule has 0 aliphatic carbocycles. The molecule has 96 valence electrons. The number of para-hydroxylation sites is 1. The lowest BCUT2D eigenvalue weighted by atomic mass is 10.0. The molecule has 20 heavy (non-hydrogen) atoms. The summed E-state index contributed by atoms with van der Waals surface area (Å²) in [5, 5.41) is 4.69. The Kier molecular flexibility index (Phi) is 2.24. The maximum absolute atomic E-state index is 4.60. The molecule has 0 aliphatic rings. The lowest BCUT2D eigenvalue weighted by molar-refractivity contribution is -0.679. The maximum atomic E-state index is 4.60. The molecule has 0 unspecified atom stereocenters. The average Bonchev–Trinajstić information content (AvgIpc) is 2.50. The fourth-order valence-corrected chi connectivity index (χ4v) is 2.77. The quantitative estimate of drug-likeness (QED) is 0.359. The van der Waals surface area contributed by atoms with Crippen LogP contribution in [0.5, 0.6) is 0 Å². The van der Waals surface area contributed by atoms with Crippen LogP contribution >= 0.6 is 0 Å². The van der Waals surface area contributed by atoms with Crippen molar-refractivity contribution >= 4 is 32.6 Å². The predicted octanol–water partition coefficient (Wildman–Crippen LogP) is 3.07. The van der Waals surface area contributed by atoms with Gasteiger partial charge in [0.05, 0.1) is 23.3 Å². The molecule has 0 atom stereocenters. The van der Waals surface area contributed by atoms with Crippen LogP contribution in [0.25, 0.3) is 32.6 Å². The lowest BCUT2D eigenvalue weighted by Crippen LogP contribution is -2.32. The molecule has 0 aliphatic heterocycles. The van der Waals surface area contributed by atoms with Gasteiger partial charge < -0.3 is 0 Å². The van der Waals surface area contributed by atoms with E-state index in [1.54, 1.807) is 0 Å². The Morgan fingerprint density at radius 3 is 2.55 bits per heavy atom. The zero-order valence-electron chi connectivity index (χ0n) is 11.5. The largest absolute Gasteiger partial charge is 0.286 e. The summed E-state index contributed by atoms with van der Waals surface area (Å²) >= 11 is 0. The number of benzene rings is 2. The molecule has 4 aromatic rings. The highest BCUT2D eigenvalue weighted by molar-refractivity contribution is 6.14. The van der Waals surface area contributed by atoms with Crippen LogP contribution in [0.2, 0.25) is 0 Å². The normalized spacial score (nSPS) is 11.5. The first-order valence-electron chi connectivity index (χ1n) is 6.67. The van der Waals surface area contributed by atoms with Crippen LogP contribution in [-0.4, -0.2) is 9.97 Å². The molecule has 0 saturated heterocycles. The molecule has 0 N–H and O–H groups in total. The fourth-order valence-electron chi connectivity index (χ4n) is 2.77.